The van der Waals surface area contributed by atoms with Crippen LogP contribution < -0.4 is 10.9 Å². The Morgan fingerprint density at radius 2 is 2.50 bits per heavy atom. The Balaban J connectivity index is 3.08. The highest BCUT2D eigenvalue weighted by Gasteiger charge is 1.91. The van der Waals surface area contributed by atoms with Crippen LogP contribution >= 0.6 is 11.8 Å². The average Bonchev–Trinajstić information content (AvgIpc) is 2.05. The Morgan fingerprint density at radius 1 is 1.75 bits per heavy atom. The topological polar surface area (TPSA) is 69.5 Å². The van der Waals surface area contributed by atoms with Crippen LogP contribution in [0.2, 0.25) is 0 Å². The molecule has 0 unspecified atom stereocenters. The normalized spacial score (nSPS) is 9.08. The van der Waals surface area contributed by atoms with Crippen LogP contribution in [0, 0.1) is 5.41 Å². The van der Waals surface area contributed by atoms with Crippen molar-refractivity contribution in [2.45, 2.75) is 6.92 Å². The van der Waals surface area contributed by atoms with Gasteiger partial charge in [-0.2, -0.15) is 16.9 Å². The van der Waals surface area contributed by atoms with E-state index >= 15 is 0 Å². The van der Waals surface area contributed by atoms with Gasteiger partial charge in [-0.25, -0.2) is 10.9 Å². The molecule has 0 amide bonds. The zero-order valence-corrected chi connectivity index (χ0v) is 7.91. The van der Waals surface area contributed by atoms with E-state index in [-0.39, 0.29) is 5.96 Å². The fourth-order valence-electron chi connectivity index (χ4n) is 0.470. The van der Waals surface area contributed by atoms with Gasteiger partial charge in [-0.3, -0.25) is 10.2 Å². The molecule has 0 atom stereocenters. The molecule has 5 nitrogen and oxygen atoms in total. The number of nitrogens with one attached hydrogen (secondary N) is 3. The fraction of sp³-hybridized carbons (Fsp3) is 0.667. The van der Waals surface area contributed by atoms with Gasteiger partial charge in [0.05, 0.1) is 6.61 Å². The van der Waals surface area contributed by atoms with Crippen molar-refractivity contribution < 1.29 is 4.84 Å². The predicted octanol–water partition coefficient (Wildman–Crippen LogP) is 0.401. The zero-order valence-electron chi connectivity index (χ0n) is 7.09. The van der Waals surface area contributed by atoms with Crippen LogP contribution in [0.15, 0.2) is 5.10 Å². The van der Waals surface area contributed by atoms with E-state index in [0.717, 1.165) is 11.5 Å². The van der Waals surface area contributed by atoms with Crippen molar-refractivity contribution >= 4 is 24.4 Å². The largest absolute Gasteiger partial charge is 0.273 e. The van der Waals surface area contributed by atoms with E-state index < -0.39 is 0 Å². The highest BCUT2D eigenvalue weighted by atomic mass is 32.2. The summed E-state index contributed by atoms with van der Waals surface area (Å²) in [4.78, 5) is 4.90. The van der Waals surface area contributed by atoms with Crippen LogP contribution in [-0.4, -0.2) is 30.8 Å². The Bertz CT molecular complexity index is 142. The maximum absolute atomic E-state index is 7.08. The molecular weight excluding hydrogens is 176 g/mol. The molecule has 0 heterocycles. The van der Waals surface area contributed by atoms with Crippen molar-refractivity contribution in [3.8, 4) is 0 Å². The van der Waals surface area contributed by atoms with Gasteiger partial charge in [-0.15, -0.1) is 0 Å². The van der Waals surface area contributed by atoms with E-state index in [2.05, 4.69) is 29.6 Å². The van der Waals surface area contributed by atoms with Gasteiger partial charge in [0.15, 0.2) is 0 Å². The second-order valence-corrected chi connectivity index (χ2v) is 3.19. The molecule has 0 aromatic rings. The molecular formula is C6H14N4OS. The average molecular weight is 190 g/mol. The lowest BCUT2D eigenvalue weighted by atomic mass is 10.9. The summed E-state index contributed by atoms with van der Waals surface area (Å²) in [6.07, 6.45) is 0. The van der Waals surface area contributed by atoms with Gasteiger partial charge in [0.2, 0.25) is 5.96 Å². The molecule has 0 spiro atoms. The molecule has 6 heteroatoms. The summed E-state index contributed by atoms with van der Waals surface area (Å²) in [6, 6.07) is 0. The fourth-order valence-corrected chi connectivity index (χ4v) is 0.960. The summed E-state index contributed by atoms with van der Waals surface area (Å²) in [5.74, 6) is 1.98. The maximum Gasteiger partial charge on any atom is 0.233 e. The van der Waals surface area contributed by atoms with Crippen LogP contribution in [0.3, 0.4) is 0 Å². The molecule has 0 aliphatic heterocycles. The minimum atomic E-state index is -0.00787. The first-order chi connectivity index (χ1) is 5.81. The summed E-state index contributed by atoms with van der Waals surface area (Å²) in [5.41, 5.74) is 4.66. The van der Waals surface area contributed by atoms with Crippen LogP contribution in [0.25, 0.3) is 0 Å². The Labute approximate surface area is 76.4 Å². The van der Waals surface area contributed by atoms with Crippen molar-refractivity contribution in [1.82, 2.24) is 10.9 Å². The van der Waals surface area contributed by atoms with Gasteiger partial charge >= 0.3 is 0 Å². The molecule has 0 aromatic heterocycles. The highest BCUT2D eigenvalue weighted by Crippen LogP contribution is 1.95. The van der Waals surface area contributed by atoms with Gasteiger partial charge in [0, 0.05) is 12.5 Å². The molecule has 70 valence electrons. The van der Waals surface area contributed by atoms with E-state index in [1.54, 1.807) is 11.8 Å². The van der Waals surface area contributed by atoms with E-state index in [1.165, 1.54) is 0 Å². The molecule has 0 aliphatic rings. The van der Waals surface area contributed by atoms with Gasteiger partial charge in [-0.1, -0.05) is 6.92 Å². The first-order valence-corrected chi connectivity index (χ1v) is 4.72. The molecule has 0 bridgehead atoms. The molecule has 0 radical (unpaired) electrons. The second kappa shape index (κ2) is 8.35. The van der Waals surface area contributed by atoms with E-state index in [4.69, 9.17) is 10.2 Å². The number of thioether (sulfide) groups is 1. The lowest BCUT2D eigenvalue weighted by molar-refractivity contribution is 0.0959. The SMILES string of the molecule is C=NNC(=N)NOCCSCC. The summed E-state index contributed by atoms with van der Waals surface area (Å²) in [5, 5.41) is 10.4. The molecule has 0 fully saturated rings. The number of nitrogens with zero attached hydrogens (tertiary/aromatic N) is 1. The Hall–Kier alpha value is -0.750. The van der Waals surface area contributed by atoms with Crippen LogP contribution in [0.4, 0.5) is 0 Å². The number of hydroxylamine groups is 1. The van der Waals surface area contributed by atoms with Crippen molar-refractivity contribution in [1.29, 1.82) is 5.41 Å². The van der Waals surface area contributed by atoms with E-state index in [9.17, 15) is 0 Å². The third kappa shape index (κ3) is 7.36. The molecule has 0 aliphatic carbocycles. The number of guanidine groups is 1. The Kier molecular flexibility index (Phi) is 7.83. The molecule has 0 aromatic carbocycles. The van der Waals surface area contributed by atoms with Gasteiger partial charge in [-0.05, 0) is 5.75 Å². The first kappa shape index (κ1) is 11.2. The van der Waals surface area contributed by atoms with Crippen molar-refractivity contribution in [2.24, 2.45) is 5.10 Å². The lowest BCUT2D eigenvalue weighted by Gasteiger charge is -2.05. The van der Waals surface area contributed by atoms with E-state index in [0.29, 0.717) is 6.61 Å². The molecule has 12 heavy (non-hydrogen) atoms. The summed E-state index contributed by atoms with van der Waals surface area (Å²) in [6.45, 7) is 5.81. The number of rotatable bonds is 6. The molecule has 0 rings (SSSR count). The van der Waals surface area contributed by atoms with Crippen LogP contribution in [0.1, 0.15) is 6.92 Å². The van der Waals surface area contributed by atoms with Crippen molar-refractivity contribution in [3.05, 3.63) is 0 Å². The molecule has 3 N–H and O–H groups in total. The Morgan fingerprint density at radius 3 is 3.08 bits per heavy atom. The third-order valence-corrected chi connectivity index (χ3v) is 1.76. The van der Waals surface area contributed by atoms with Gasteiger partial charge in [0.1, 0.15) is 0 Å². The van der Waals surface area contributed by atoms with Gasteiger partial charge in [0.25, 0.3) is 0 Å². The van der Waals surface area contributed by atoms with Crippen molar-refractivity contribution in [3.63, 3.8) is 0 Å². The zero-order chi connectivity index (χ0) is 9.23. The highest BCUT2D eigenvalue weighted by molar-refractivity contribution is 7.99. The summed E-state index contributed by atoms with van der Waals surface area (Å²) < 4.78 is 0. The number of hydrogen-bond acceptors (Lipinski definition) is 4. The summed E-state index contributed by atoms with van der Waals surface area (Å²) in [7, 11) is 0. The minimum absolute atomic E-state index is 0.00787. The van der Waals surface area contributed by atoms with E-state index in [1.807, 2.05) is 0 Å². The number of hydrazone groups is 1. The first-order valence-electron chi connectivity index (χ1n) is 3.57. The van der Waals surface area contributed by atoms with Crippen molar-refractivity contribution in [2.75, 3.05) is 18.1 Å². The van der Waals surface area contributed by atoms with Gasteiger partial charge < -0.3 is 0 Å². The quantitative estimate of drug-likeness (QED) is 0.245. The maximum atomic E-state index is 7.08. The van der Waals surface area contributed by atoms with Crippen LogP contribution in [0.5, 0.6) is 0 Å². The molecule has 0 saturated heterocycles. The third-order valence-electron chi connectivity index (χ3n) is 0.899. The monoisotopic (exact) mass is 190 g/mol. The standard InChI is InChI=1S/C6H14N4OS/c1-3-12-5-4-11-10-6(7)9-8-2/h2-5H2,1H3,(H3,7,9,10). The smallest absolute Gasteiger partial charge is 0.233 e. The number of hydrogen-bond donors (Lipinski definition) is 3. The van der Waals surface area contributed by atoms with Crippen LogP contribution in [-0.2, 0) is 4.84 Å². The lowest BCUT2D eigenvalue weighted by Crippen LogP contribution is -2.33. The summed E-state index contributed by atoms with van der Waals surface area (Å²) >= 11 is 1.78. The minimum Gasteiger partial charge on any atom is -0.273 e. The predicted molar refractivity (Wildman–Crippen MR) is 52.5 cm³/mol. The molecule has 0 saturated carbocycles. The second-order valence-electron chi connectivity index (χ2n) is 1.79.